The summed E-state index contributed by atoms with van der Waals surface area (Å²) >= 11 is 0. The lowest BCUT2D eigenvalue weighted by atomic mass is 10.2. The molecule has 0 saturated heterocycles. The van der Waals surface area contributed by atoms with Crippen LogP contribution in [0.15, 0.2) is 54.7 Å². The first-order valence-corrected chi connectivity index (χ1v) is 8.22. The van der Waals surface area contributed by atoms with Crippen LogP contribution in [0.2, 0.25) is 0 Å². The van der Waals surface area contributed by atoms with Crippen LogP contribution < -0.4 is 5.32 Å². The molecule has 0 atom stereocenters. The van der Waals surface area contributed by atoms with Crippen molar-refractivity contribution in [2.75, 3.05) is 0 Å². The Kier molecular flexibility index (Phi) is 4.14. The van der Waals surface area contributed by atoms with Gasteiger partial charge in [-0.15, -0.1) is 10.2 Å². The molecule has 1 N–H and O–H groups in total. The zero-order chi connectivity index (χ0) is 17.9. The summed E-state index contributed by atoms with van der Waals surface area (Å²) in [7, 11) is 0. The minimum Gasteiger partial charge on any atom is -0.349 e. The Bertz CT molecular complexity index is 1050. The van der Waals surface area contributed by atoms with Gasteiger partial charge in [0.1, 0.15) is 12.2 Å². The molecule has 0 radical (unpaired) electrons. The highest BCUT2D eigenvalue weighted by molar-refractivity contribution is 5.75. The zero-order valence-electron chi connectivity index (χ0n) is 14.2. The number of rotatable bonds is 5. The first-order valence-electron chi connectivity index (χ1n) is 8.22. The van der Waals surface area contributed by atoms with E-state index in [1.807, 2.05) is 66.1 Å². The number of amides is 1. The second kappa shape index (κ2) is 6.75. The predicted octanol–water partition coefficient (Wildman–Crippen LogP) is 1.61. The molecular formula is C18H17N7O. The molecule has 1 amide bonds. The second-order valence-electron chi connectivity index (χ2n) is 5.91. The van der Waals surface area contributed by atoms with Gasteiger partial charge in [0.25, 0.3) is 0 Å². The molecular weight excluding hydrogens is 330 g/mol. The molecule has 0 saturated carbocycles. The van der Waals surface area contributed by atoms with Gasteiger partial charge in [-0.25, -0.2) is 4.98 Å². The normalized spacial score (nSPS) is 11.0. The highest BCUT2D eigenvalue weighted by atomic mass is 16.2. The molecule has 1 aromatic carbocycles. The molecule has 0 spiro atoms. The SMILES string of the molecule is Cc1cccc2nc(CNC(=O)Cn3nnc(-c4ccccc4)n3)cn12. The topological polar surface area (TPSA) is 90.0 Å². The molecule has 4 rings (SSSR count). The van der Waals surface area contributed by atoms with Crippen LogP contribution in [0.25, 0.3) is 17.0 Å². The molecule has 0 unspecified atom stereocenters. The lowest BCUT2D eigenvalue weighted by Gasteiger charge is -2.01. The Morgan fingerprint density at radius 1 is 1.12 bits per heavy atom. The summed E-state index contributed by atoms with van der Waals surface area (Å²) in [6, 6.07) is 15.4. The van der Waals surface area contributed by atoms with Gasteiger partial charge in [0.05, 0.1) is 12.2 Å². The number of carbonyl (C=O) groups excluding carboxylic acids is 1. The minimum absolute atomic E-state index is 0.00618. The molecule has 3 heterocycles. The van der Waals surface area contributed by atoms with E-state index in [2.05, 4.69) is 25.7 Å². The zero-order valence-corrected chi connectivity index (χ0v) is 14.2. The van der Waals surface area contributed by atoms with E-state index in [1.165, 1.54) is 4.80 Å². The van der Waals surface area contributed by atoms with E-state index in [0.29, 0.717) is 12.4 Å². The van der Waals surface area contributed by atoms with Gasteiger partial charge in [-0.3, -0.25) is 4.79 Å². The third kappa shape index (κ3) is 3.30. The Morgan fingerprint density at radius 2 is 1.96 bits per heavy atom. The van der Waals surface area contributed by atoms with E-state index >= 15 is 0 Å². The predicted molar refractivity (Wildman–Crippen MR) is 95.0 cm³/mol. The van der Waals surface area contributed by atoms with Gasteiger partial charge in [-0.1, -0.05) is 36.4 Å². The maximum atomic E-state index is 12.1. The number of carbonyl (C=O) groups is 1. The summed E-state index contributed by atoms with van der Waals surface area (Å²) in [5.74, 6) is 0.296. The Hall–Kier alpha value is -3.55. The van der Waals surface area contributed by atoms with Crippen molar-refractivity contribution in [2.45, 2.75) is 20.0 Å². The number of tetrazole rings is 1. The number of aryl methyl sites for hydroxylation is 1. The third-order valence-corrected chi connectivity index (χ3v) is 3.98. The van der Waals surface area contributed by atoms with Crippen molar-refractivity contribution in [1.82, 2.24) is 34.9 Å². The van der Waals surface area contributed by atoms with Crippen LogP contribution in [0.4, 0.5) is 0 Å². The summed E-state index contributed by atoms with van der Waals surface area (Å²) in [6.07, 6.45) is 1.92. The van der Waals surface area contributed by atoms with Gasteiger partial charge < -0.3 is 9.72 Å². The van der Waals surface area contributed by atoms with E-state index in [1.54, 1.807) is 0 Å². The summed E-state index contributed by atoms with van der Waals surface area (Å²) < 4.78 is 1.99. The number of aromatic nitrogens is 6. The molecule has 8 heteroatoms. The highest BCUT2D eigenvalue weighted by Crippen LogP contribution is 2.11. The van der Waals surface area contributed by atoms with Crippen molar-refractivity contribution in [1.29, 1.82) is 0 Å². The fraction of sp³-hybridized carbons (Fsp3) is 0.167. The first kappa shape index (κ1) is 15.9. The lowest BCUT2D eigenvalue weighted by Crippen LogP contribution is -2.28. The number of pyridine rings is 1. The molecule has 4 aromatic rings. The van der Waals surface area contributed by atoms with Crippen LogP contribution in [-0.4, -0.2) is 35.5 Å². The van der Waals surface area contributed by atoms with Crippen molar-refractivity contribution < 1.29 is 4.79 Å². The van der Waals surface area contributed by atoms with Crippen molar-refractivity contribution in [2.24, 2.45) is 0 Å². The van der Waals surface area contributed by atoms with Crippen LogP contribution >= 0.6 is 0 Å². The second-order valence-corrected chi connectivity index (χ2v) is 5.91. The molecule has 26 heavy (non-hydrogen) atoms. The van der Waals surface area contributed by atoms with E-state index in [-0.39, 0.29) is 12.5 Å². The number of fused-ring (bicyclic) bond motifs is 1. The van der Waals surface area contributed by atoms with Gasteiger partial charge in [-0.2, -0.15) is 4.80 Å². The number of nitrogens with one attached hydrogen (secondary N) is 1. The lowest BCUT2D eigenvalue weighted by molar-refractivity contribution is -0.122. The fourth-order valence-corrected chi connectivity index (χ4v) is 2.67. The van der Waals surface area contributed by atoms with Crippen LogP contribution in [-0.2, 0) is 17.9 Å². The maximum Gasteiger partial charge on any atom is 0.244 e. The number of benzene rings is 1. The molecule has 0 aliphatic carbocycles. The van der Waals surface area contributed by atoms with Gasteiger partial charge in [-0.05, 0) is 24.3 Å². The van der Waals surface area contributed by atoms with Crippen LogP contribution in [0, 0.1) is 6.92 Å². The summed E-state index contributed by atoms with van der Waals surface area (Å²) in [5, 5.41) is 15.0. The van der Waals surface area contributed by atoms with Crippen LogP contribution in [0.3, 0.4) is 0 Å². The third-order valence-electron chi connectivity index (χ3n) is 3.98. The molecule has 0 aliphatic heterocycles. The van der Waals surface area contributed by atoms with Gasteiger partial charge in [0.2, 0.25) is 11.7 Å². The monoisotopic (exact) mass is 347 g/mol. The molecule has 0 bridgehead atoms. The van der Waals surface area contributed by atoms with Gasteiger partial charge >= 0.3 is 0 Å². The van der Waals surface area contributed by atoms with E-state index < -0.39 is 0 Å². The van der Waals surface area contributed by atoms with E-state index in [4.69, 9.17) is 0 Å². The minimum atomic E-state index is -0.198. The Balaban J connectivity index is 1.38. The van der Waals surface area contributed by atoms with Crippen LogP contribution in [0.5, 0.6) is 0 Å². The molecule has 0 aliphatic rings. The van der Waals surface area contributed by atoms with Crippen molar-refractivity contribution >= 4 is 11.6 Å². The Labute approximate surface area is 149 Å². The van der Waals surface area contributed by atoms with Crippen molar-refractivity contribution in [3.63, 3.8) is 0 Å². The van der Waals surface area contributed by atoms with Crippen molar-refractivity contribution in [3.8, 4) is 11.4 Å². The largest absolute Gasteiger partial charge is 0.349 e. The number of imidazole rings is 1. The maximum absolute atomic E-state index is 12.1. The standard InChI is InChI=1S/C18H17N7O/c1-13-6-5-9-16-20-15(11-24(13)16)10-19-17(26)12-25-22-18(21-23-25)14-7-3-2-4-8-14/h2-9,11H,10,12H2,1H3,(H,19,26). The Morgan fingerprint density at radius 3 is 2.77 bits per heavy atom. The van der Waals surface area contributed by atoms with E-state index in [0.717, 1.165) is 22.6 Å². The molecule has 3 aromatic heterocycles. The summed E-state index contributed by atoms with van der Waals surface area (Å²) in [5.41, 5.74) is 3.61. The van der Waals surface area contributed by atoms with Crippen LogP contribution in [0.1, 0.15) is 11.4 Å². The number of hydrogen-bond acceptors (Lipinski definition) is 5. The number of hydrogen-bond donors (Lipinski definition) is 1. The average molecular weight is 347 g/mol. The highest BCUT2D eigenvalue weighted by Gasteiger charge is 2.10. The fourth-order valence-electron chi connectivity index (χ4n) is 2.67. The molecule has 0 fully saturated rings. The molecule has 8 nitrogen and oxygen atoms in total. The average Bonchev–Trinajstić information content (AvgIpc) is 3.28. The molecule has 130 valence electrons. The first-order chi connectivity index (χ1) is 12.7. The van der Waals surface area contributed by atoms with Gasteiger partial charge in [0.15, 0.2) is 0 Å². The number of nitrogens with zero attached hydrogens (tertiary/aromatic N) is 6. The van der Waals surface area contributed by atoms with E-state index in [9.17, 15) is 4.79 Å². The quantitative estimate of drug-likeness (QED) is 0.592. The van der Waals surface area contributed by atoms with Gasteiger partial charge in [0, 0.05) is 17.5 Å². The summed E-state index contributed by atoms with van der Waals surface area (Å²) in [6.45, 7) is 2.37. The summed E-state index contributed by atoms with van der Waals surface area (Å²) in [4.78, 5) is 17.9. The smallest absolute Gasteiger partial charge is 0.244 e. The van der Waals surface area contributed by atoms with Crippen molar-refractivity contribution in [3.05, 3.63) is 66.1 Å².